The van der Waals surface area contributed by atoms with E-state index in [0.717, 1.165) is 6.42 Å². The van der Waals surface area contributed by atoms with E-state index in [9.17, 15) is 4.79 Å². The monoisotopic (exact) mass is 282 g/mol. The number of hydrogen-bond donors (Lipinski definition) is 0. The van der Waals surface area contributed by atoms with Crippen molar-refractivity contribution in [2.24, 2.45) is 0 Å². The van der Waals surface area contributed by atoms with Gasteiger partial charge in [-0.2, -0.15) is 0 Å². The number of ether oxygens (including phenoxy) is 4. The third-order valence-corrected chi connectivity index (χ3v) is 2.70. The second-order valence-corrected chi connectivity index (χ2v) is 4.20. The molecule has 5 heteroatoms. The van der Waals surface area contributed by atoms with Gasteiger partial charge in [-0.05, 0) is 13.3 Å². The SMILES string of the molecule is CCCC(Oc1cc(OC)cc(OC)c1)C(=O)OCC. The molecule has 112 valence electrons. The second-order valence-electron chi connectivity index (χ2n) is 4.20. The molecule has 0 bridgehead atoms. The Morgan fingerprint density at radius 3 is 2.05 bits per heavy atom. The number of carbonyl (C=O) groups is 1. The molecule has 1 unspecified atom stereocenters. The van der Waals surface area contributed by atoms with Crippen molar-refractivity contribution < 1.29 is 23.7 Å². The standard InChI is InChI=1S/C15H22O5/c1-5-7-14(15(16)19-6-2)20-13-9-11(17-3)8-12(10-13)18-4/h8-10,14H,5-7H2,1-4H3. The molecular weight excluding hydrogens is 260 g/mol. The summed E-state index contributed by atoms with van der Waals surface area (Å²) in [5.74, 6) is 1.39. The van der Waals surface area contributed by atoms with Crippen LogP contribution < -0.4 is 14.2 Å². The van der Waals surface area contributed by atoms with Crippen molar-refractivity contribution >= 4 is 5.97 Å². The topological polar surface area (TPSA) is 54.0 Å². The molecule has 0 amide bonds. The molecule has 0 N–H and O–H groups in total. The lowest BCUT2D eigenvalue weighted by Gasteiger charge is -2.18. The van der Waals surface area contributed by atoms with Gasteiger partial charge in [0, 0.05) is 18.2 Å². The Balaban J connectivity index is 2.89. The van der Waals surface area contributed by atoms with Crippen LogP contribution in [-0.4, -0.2) is 32.9 Å². The molecule has 1 rings (SSSR count). The number of rotatable bonds is 8. The van der Waals surface area contributed by atoms with Crippen molar-refractivity contribution in [3.05, 3.63) is 18.2 Å². The molecule has 0 spiro atoms. The van der Waals surface area contributed by atoms with E-state index in [1.54, 1.807) is 39.3 Å². The Morgan fingerprint density at radius 2 is 1.60 bits per heavy atom. The number of benzene rings is 1. The lowest BCUT2D eigenvalue weighted by molar-refractivity contribution is -0.151. The van der Waals surface area contributed by atoms with Crippen LogP contribution in [0, 0.1) is 0 Å². The molecule has 0 radical (unpaired) electrons. The molecule has 0 aliphatic carbocycles. The van der Waals surface area contributed by atoms with Crippen LogP contribution in [0.15, 0.2) is 18.2 Å². The van der Waals surface area contributed by atoms with Gasteiger partial charge in [-0.25, -0.2) is 4.79 Å². The molecule has 1 atom stereocenters. The van der Waals surface area contributed by atoms with Crippen molar-refractivity contribution in [1.82, 2.24) is 0 Å². The molecule has 0 aliphatic heterocycles. The summed E-state index contributed by atoms with van der Waals surface area (Å²) in [7, 11) is 3.13. The van der Waals surface area contributed by atoms with Crippen LogP contribution in [0.25, 0.3) is 0 Å². The minimum absolute atomic E-state index is 0.337. The average molecular weight is 282 g/mol. The normalized spacial score (nSPS) is 11.6. The summed E-state index contributed by atoms with van der Waals surface area (Å²) in [6.07, 6.45) is 0.805. The van der Waals surface area contributed by atoms with E-state index >= 15 is 0 Å². The van der Waals surface area contributed by atoms with Gasteiger partial charge in [-0.3, -0.25) is 0 Å². The predicted octanol–water partition coefficient (Wildman–Crippen LogP) is 2.81. The van der Waals surface area contributed by atoms with E-state index < -0.39 is 6.10 Å². The Morgan fingerprint density at radius 1 is 1.05 bits per heavy atom. The van der Waals surface area contributed by atoms with Gasteiger partial charge in [-0.1, -0.05) is 13.3 Å². The number of hydrogen-bond acceptors (Lipinski definition) is 5. The predicted molar refractivity (Wildman–Crippen MR) is 75.5 cm³/mol. The molecule has 5 nitrogen and oxygen atoms in total. The lowest BCUT2D eigenvalue weighted by atomic mass is 10.2. The van der Waals surface area contributed by atoms with Gasteiger partial charge >= 0.3 is 5.97 Å². The Labute approximate surface area is 119 Å². The first-order valence-electron chi connectivity index (χ1n) is 6.70. The maximum absolute atomic E-state index is 11.8. The molecule has 0 aromatic heterocycles. The van der Waals surface area contributed by atoms with Gasteiger partial charge in [-0.15, -0.1) is 0 Å². The van der Waals surface area contributed by atoms with Crippen molar-refractivity contribution in [3.63, 3.8) is 0 Å². The minimum atomic E-state index is -0.614. The van der Waals surface area contributed by atoms with Gasteiger partial charge in [0.15, 0.2) is 6.10 Å². The zero-order valence-electron chi connectivity index (χ0n) is 12.5. The summed E-state index contributed by atoms with van der Waals surface area (Å²) in [4.78, 5) is 11.8. The van der Waals surface area contributed by atoms with Crippen molar-refractivity contribution in [2.45, 2.75) is 32.8 Å². The van der Waals surface area contributed by atoms with Gasteiger partial charge < -0.3 is 18.9 Å². The zero-order valence-corrected chi connectivity index (χ0v) is 12.5. The number of carbonyl (C=O) groups excluding carboxylic acids is 1. The molecule has 0 fully saturated rings. The Kier molecular flexibility index (Phi) is 6.70. The van der Waals surface area contributed by atoms with Crippen LogP contribution in [0.5, 0.6) is 17.2 Å². The first kappa shape index (κ1) is 16.1. The maximum Gasteiger partial charge on any atom is 0.347 e. The Hall–Kier alpha value is -1.91. The third-order valence-electron chi connectivity index (χ3n) is 2.70. The van der Waals surface area contributed by atoms with E-state index in [1.807, 2.05) is 6.92 Å². The van der Waals surface area contributed by atoms with Crippen LogP contribution in [0.4, 0.5) is 0 Å². The summed E-state index contributed by atoms with van der Waals surface area (Å²) in [5.41, 5.74) is 0. The van der Waals surface area contributed by atoms with E-state index in [1.165, 1.54) is 0 Å². The van der Waals surface area contributed by atoms with Crippen molar-refractivity contribution in [2.75, 3.05) is 20.8 Å². The molecular formula is C15H22O5. The van der Waals surface area contributed by atoms with Crippen LogP contribution in [-0.2, 0) is 9.53 Å². The van der Waals surface area contributed by atoms with Crippen LogP contribution in [0.2, 0.25) is 0 Å². The van der Waals surface area contributed by atoms with Crippen LogP contribution in [0.3, 0.4) is 0 Å². The highest BCUT2D eigenvalue weighted by atomic mass is 16.6. The van der Waals surface area contributed by atoms with Crippen LogP contribution in [0.1, 0.15) is 26.7 Å². The zero-order chi connectivity index (χ0) is 15.0. The highest BCUT2D eigenvalue weighted by Crippen LogP contribution is 2.28. The fourth-order valence-electron chi connectivity index (χ4n) is 1.74. The molecule has 20 heavy (non-hydrogen) atoms. The quantitative estimate of drug-likeness (QED) is 0.686. The first-order chi connectivity index (χ1) is 9.64. The van der Waals surface area contributed by atoms with Gasteiger partial charge in [0.25, 0.3) is 0 Å². The van der Waals surface area contributed by atoms with Gasteiger partial charge in [0.2, 0.25) is 0 Å². The largest absolute Gasteiger partial charge is 0.496 e. The maximum atomic E-state index is 11.8. The molecule has 0 saturated heterocycles. The van der Waals surface area contributed by atoms with Crippen molar-refractivity contribution in [1.29, 1.82) is 0 Å². The van der Waals surface area contributed by atoms with Gasteiger partial charge in [0.1, 0.15) is 17.2 Å². The molecule has 0 saturated carbocycles. The minimum Gasteiger partial charge on any atom is -0.496 e. The number of methoxy groups -OCH3 is 2. The second kappa shape index (κ2) is 8.30. The smallest absolute Gasteiger partial charge is 0.347 e. The lowest BCUT2D eigenvalue weighted by Crippen LogP contribution is -2.29. The summed E-state index contributed by atoms with van der Waals surface area (Å²) >= 11 is 0. The summed E-state index contributed by atoms with van der Waals surface area (Å²) in [6.45, 7) is 4.10. The van der Waals surface area contributed by atoms with E-state index in [4.69, 9.17) is 18.9 Å². The molecule has 1 aromatic carbocycles. The van der Waals surface area contributed by atoms with Crippen LogP contribution >= 0.6 is 0 Å². The average Bonchev–Trinajstić information content (AvgIpc) is 2.46. The van der Waals surface area contributed by atoms with E-state index in [2.05, 4.69) is 0 Å². The summed E-state index contributed by atoms with van der Waals surface area (Å²) in [5, 5.41) is 0. The highest BCUT2D eigenvalue weighted by molar-refractivity contribution is 5.75. The third kappa shape index (κ3) is 4.64. The van der Waals surface area contributed by atoms with E-state index in [0.29, 0.717) is 30.3 Å². The fraction of sp³-hybridized carbons (Fsp3) is 0.533. The van der Waals surface area contributed by atoms with E-state index in [-0.39, 0.29) is 5.97 Å². The summed E-state index contributed by atoms with van der Waals surface area (Å²) in [6, 6.07) is 5.17. The number of esters is 1. The fourth-order valence-corrected chi connectivity index (χ4v) is 1.74. The van der Waals surface area contributed by atoms with Gasteiger partial charge in [0.05, 0.1) is 20.8 Å². The summed E-state index contributed by atoms with van der Waals surface area (Å²) < 4.78 is 21.1. The van der Waals surface area contributed by atoms with Crippen molar-refractivity contribution in [3.8, 4) is 17.2 Å². The molecule has 0 heterocycles. The molecule has 1 aromatic rings. The Bertz CT molecular complexity index is 408. The highest BCUT2D eigenvalue weighted by Gasteiger charge is 2.21. The molecule has 0 aliphatic rings. The first-order valence-corrected chi connectivity index (χ1v) is 6.70.